The second-order valence-electron chi connectivity index (χ2n) is 4.77. The van der Waals surface area contributed by atoms with Crippen molar-refractivity contribution in [3.05, 3.63) is 65.0 Å². The summed E-state index contributed by atoms with van der Waals surface area (Å²) in [6.45, 7) is 6.02. The van der Waals surface area contributed by atoms with Gasteiger partial charge < -0.3 is 10.1 Å². The zero-order chi connectivity index (χ0) is 14.4. The van der Waals surface area contributed by atoms with Gasteiger partial charge in [0, 0.05) is 17.7 Å². The van der Waals surface area contributed by atoms with Crippen LogP contribution in [-0.4, -0.2) is 6.54 Å². The van der Waals surface area contributed by atoms with E-state index in [1.54, 1.807) is 12.1 Å². The highest BCUT2D eigenvalue weighted by Gasteiger charge is 2.06. The molecular weight excluding hydrogens is 253 g/mol. The zero-order valence-corrected chi connectivity index (χ0v) is 11.9. The van der Waals surface area contributed by atoms with E-state index in [1.807, 2.05) is 18.2 Å². The number of hydrogen-bond acceptors (Lipinski definition) is 2. The van der Waals surface area contributed by atoms with Crippen LogP contribution in [0.4, 0.5) is 4.39 Å². The molecule has 20 heavy (non-hydrogen) atoms. The van der Waals surface area contributed by atoms with Crippen molar-refractivity contribution in [2.75, 3.05) is 6.54 Å². The molecule has 0 saturated carbocycles. The zero-order valence-electron chi connectivity index (χ0n) is 11.9. The number of aryl methyl sites for hydroxylation is 1. The fourth-order valence-corrected chi connectivity index (χ4v) is 2.02. The Hall–Kier alpha value is -1.87. The minimum Gasteiger partial charge on any atom is -0.488 e. The first-order valence-corrected chi connectivity index (χ1v) is 6.87. The van der Waals surface area contributed by atoms with Gasteiger partial charge in [-0.25, -0.2) is 4.39 Å². The molecule has 3 heteroatoms. The predicted octanol–water partition coefficient (Wildman–Crippen LogP) is 3.82. The van der Waals surface area contributed by atoms with Gasteiger partial charge in [-0.15, -0.1) is 0 Å². The molecule has 106 valence electrons. The van der Waals surface area contributed by atoms with E-state index in [0.29, 0.717) is 5.56 Å². The van der Waals surface area contributed by atoms with Crippen LogP contribution in [0.1, 0.15) is 23.6 Å². The van der Waals surface area contributed by atoms with Crippen molar-refractivity contribution in [2.45, 2.75) is 27.0 Å². The summed E-state index contributed by atoms with van der Waals surface area (Å²) in [7, 11) is 0. The summed E-state index contributed by atoms with van der Waals surface area (Å²) in [4.78, 5) is 0. The number of nitrogens with one attached hydrogen (secondary N) is 1. The van der Waals surface area contributed by atoms with Crippen molar-refractivity contribution in [2.24, 2.45) is 0 Å². The Balaban J connectivity index is 2.10. The summed E-state index contributed by atoms with van der Waals surface area (Å²) >= 11 is 0. The minimum atomic E-state index is -0.229. The maximum absolute atomic E-state index is 13.6. The molecule has 0 aliphatic carbocycles. The lowest BCUT2D eigenvalue weighted by molar-refractivity contribution is 0.296. The lowest BCUT2D eigenvalue weighted by Gasteiger charge is -2.13. The Kier molecular flexibility index (Phi) is 5.13. The topological polar surface area (TPSA) is 21.3 Å². The van der Waals surface area contributed by atoms with Crippen LogP contribution in [0.5, 0.6) is 5.75 Å². The number of benzene rings is 2. The van der Waals surface area contributed by atoms with E-state index in [2.05, 4.69) is 25.2 Å². The first-order chi connectivity index (χ1) is 9.70. The molecule has 0 heterocycles. The highest BCUT2D eigenvalue weighted by molar-refractivity contribution is 5.37. The van der Waals surface area contributed by atoms with Gasteiger partial charge in [-0.2, -0.15) is 0 Å². The SMILES string of the molecule is CCNCc1cc(C)ccc1OCc1ccccc1F. The second-order valence-corrected chi connectivity index (χ2v) is 4.77. The van der Waals surface area contributed by atoms with Crippen LogP contribution >= 0.6 is 0 Å². The van der Waals surface area contributed by atoms with E-state index in [9.17, 15) is 4.39 Å². The molecule has 0 spiro atoms. The molecule has 0 fully saturated rings. The van der Waals surface area contributed by atoms with Gasteiger partial charge in [-0.3, -0.25) is 0 Å². The van der Waals surface area contributed by atoms with Gasteiger partial charge in [-0.1, -0.05) is 42.8 Å². The maximum Gasteiger partial charge on any atom is 0.129 e. The van der Waals surface area contributed by atoms with Crippen molar-refractivity contribution in [3.63, 3.8) is 0 Å². The Labute approximate surface area is 119 Å². The Morgan fingerprint density at radius 3 is 2.65 bits per heavy atom. The van der Waals surface area contributed by atoms with Crippen LogP contribution in [0, 0.1) is 12.7 Å². The third kappa shape index (κ3) is 3.81. The van der Waals surface area contributed by atoms with Crippen LogP contribution in [-0.2, 0) is 13.2 Å². The molecule has 0 radical (unpaired) electrons. The molecule has 2 aromatic carbocycles. The smallest absolute Gasteiger partial charge is 0.129 e. The van der Waals surface area contributed by atoms with Crippen molar-refractivity contribution < 1.29 is 9.13 Å². The van der Waals surface area contributed by atoms with E-state index < -0.39 is 0 Å². The molecule has 0 saturated heterocycles. The summed E-state index contributed by atoms with van der Waals surface area (Å²) in [6, 6.07) is 12.7. The molecule has 0 aromatic heterocycles. The summed E-state index contributed by atoms with van der Waals surface area (Å²) < 4.78 is 19.3. The molecule has 0 atom stereocenters. The molecular formula is C17H20FNO. The molecule has 2 aromatic rings. The van der Waals surface area contributed by atoms with Crippen molar-refractivity contribution in [1.82, 2.24) is 5.32 Å². The standard InChI is InChI=1S/C17H20FNO/c1-3-19-11-15-10-13(2)8-9-17(15)20-12-14-6-4-5-7-16(14)18/h4-10,19H,3,11-12H2,1-2H3. The average molecular weight is 273 g/mol. The average Bonchev–Trinajstić information content (AvgIpc) is 2.45. The van der Waals surface area contributed by atoms with Gasteiger partial charge in [0.05, 0.1) is 0 Å². The molecule has 1 N–H and O–H groups in total. The van der Waals surface area contributed by atoms with E-state index in [-0.39, 0.29) is 12.4 Å². The van der Waals surface area contributed by atoms with Gasteiger partial charge in [0.1, 0.15) is 18.2 Å². The Morgan fingerprint density at radius 1 is 1.10 bits per heavy atom. The van der Waals surface area contributed by atoms with E-state index in [1.165, 1.54) is 11.6 Å². The van der Waals surface area contributed by atoms with Gasteiger partial charge in [0.15, 0.2) is 0 Å². The Morgan fingerprint density at radius 2 is 1.90 bits per heavy atom. The van der Waals surface area contributed by atoms with Crippen molar-refractivity contribution >= 4 is 0 Å². The van der Waals surface area contributed by atoms with Crippen molar-refractivity contribution in [1.29, 1.82) is 0 Å². The lowest BCUT2D eigenvalue weighted by atomic mass is 10.1. The number of halogens is 1. The molecule has 2 rings (SSSR count). The molecule has 2 nitrogen and oxygen atoms in total. The third-order valence-corrected chi connectivity index (χ3v) is 3.12. The fourth-order valence-electron chi connectivity index (χ4n) is 2.02. The van der Waals surface area contributed by atoms with E-state index in [0.717, 1.165) is 24.4 Å². The van der Waals surface area contributed by atoms with Gasteiger partial charge in [0.2, 0.25) is 0 Å². The first-order valence-electron chi connectivity index (χ1n) is 6.87. The van der Waals surface area contributed by atoms with Gasteiger partial charge in [-0.05, 0) is 25.6 Å². The minimum absolute atomic E-state index is 0.229. The van der Waals surface area contributed by atoms with Crippen LogP contribution < -0.4 is 10.1 Å². The summed E-state index contributed by atoms with van der Waals surface area (Å²) in [5.41, 5.74) is 2.86. The quantitative estimate of drug-likeness (QED) is 0.864. The molecule has 0 unspecified atom stereocenters. The van der Waals surface area contributed by atoms with E-state index in [4.69, 9.17) is 4.74 Å². The van der Waals surface area contributed by atoms with Gasteiger partial charge >= 0.3 is 0 Å². The molecule has 0 bridgehead atoms. The highest BCUT2D eigenvalue weighted by Crippen LogP contribution is 2.21. The monoisotopic (exact) mass is 273 g/mol. The lowest BCUT2D eigenvalue weighted by Crippen LogP contribution is -2.13. The first kappa shape index (κ1) is 14.5. The molecule has 0 aliphatic rings. The summed E-state index contributed by atoms with van der Waals surface area (Å²) in [6.07, 6.45) is 0. The Bertz CT molecular complexity index is 569. The number of rotatable bonds is 6. The fraction of sp³-hybridized carbons (Fsp3) is 0.294. The molecule has 0 aliphatic heterocycles. The summed E-state index contributed by atoms with van der Waals surface area (Å²) in [5.74, 6) is 0.577. The largest absolute Gasteiger partial charge is 0.488 e. The van der Waals surface area contributed by atoms with Crippen LogP contribution in [0.3, 0.4) is 0 Å². The second kappa shape index (κ2) is 7.06. The molecule has 0 amide bonds. The highest BCUT2D eigenvalue weighted by atomic mass is 19.1. The maximum atomic E-state index is 13.6. The predicted molar refractivity (Wildman–Crippen MR) is 79.3 cm³/mol. The van der Waals surface area contributed by atoms with Crippen LogP contribution in [0.2, 0.25) is 0 Å². The third-order valence-electron chi connectivity index (χ3n) is 3.12. The van der Waals surface area contributed by atoms with E-state index >= 15 is 0 Å². The number of hydrogen-bond donors (Lipinski definition) is 1. The number of ether oxygens (including phenoxy) is 1. The normalized spacial score (nSPS) is 10.6. The van der Waals surface area contributed by atoms with Gasteiger partial charge in [0.25, 0.3) is 0 Å². The summed E-state index contributed by atoms with van der Waals surface area (Å²) in [5, 5.41) is 3.29. The van der Waals surface area contributed by atoms with Crippen LogP contribution in [0.25, 0.3) is 0 Å². The van der Waals surface area contributed by atoms with Crippen LogP contribution in [0.15, 0.2) is 42.5 Å². The van der Waals surface area contributed by atoms with Crippen molar-refractivity contribution in [3.8, 4) is 5.75 Å².